The van der Waals surface area contributed by atoms with E-state index in [2.05, 4.69) is 0 Å². The van der Waals surface area contributed by atoms with E-state index < -0.39 is 22.4 Å². The average molecular weight is 274 g/mol. The summed E-state index contributed by atoms with van der Waals surface area (Å²) in [5, 5.41) is 8.43. The molecule has 98 valence electrons. The Hall–Kier alpha value is -1.78. The molecule has 0 bridgehead atoms. The molecular formula is C15H14O3S. The molecule has 1 N–H and O–H groups in total. The molecular weight excluding hydrogens is 260 g/mol. The number of hydrogen-bond donors (Lipinski definition) is 1. The summed E-state index contributed by atoms with van der Waals surface area (Å²) in [5.41, 5.74) is 1.74. The predicted molar refractivity (Wildman–Crippen MR) is 75.4 cm³/mol. The first-order valence-electron chi connectivity index (χ1n) is 5.87. The highest BCUT2D eigenvalue weighted by Crippen LogP contribution is 2.30. The van der Waals surface area contributed by atoms with Crippen LogP contribution in [0.3, 0.4) is 0 Å². The Labute approximate surface area is 115 Å². The summed E-state index contributed by atoms with van der Waals surface area (Å²) in [7, 11) is 0. The zero-order valence-corrected chi connectivity index (χ0v) is 11.0. The summed E-state index contributed by atoms with van der Waals surface area (Å²) in [6.45, 7) is 0. The van der Waals surface area contributed by atoms with E-state index >= 15 is 0 Å². The Morgan fingerprint density at radius 2 is 1.42 bits per heavy atom. The number of carbonyl (C=O) groups is 1. The van der Waals surface area contributed by atoms with Crippen LogP contribution in [0.4, 0.5) is 0 Å². The lowest BCUT2D eigenvalue weighted by Crippen LogP contribution is -2.23. The normalized spacial score (nSPS) is 12.3. The van der Waals surface area contributed by atoms with Crippen molar-refractivity contribution in [3.63, 3.8) is 0 Å². The van der Waals surface area contributed by atoms with Crippen molar-refractivity contribution in [1.29, 1.82) is 0 Å². The molecule has 4 heteroatoms. The number of benzene rings is 2. The maximum atomic E-state index is 12.3. The van der Waals surface area contributed by atoms with E-state index in [0.29, 0.717) is 0 Å². The van der Waals surface area contributed by atoms with Crippen LogP contribution in [0.5, 0.6) is 0 Å². The van der Waals surface area contributed by atoms with Gasteiger partial charge >= 0.3 is 5.97 Å². The fourth-order valence-corrected chi connectivity index (χ4v) is 3.29. The van der Waals surface area contributed by atoms with Crippen molar-refractivity contribution in [3.05, 3.63) is 71.8 Å². The van der Waals surface area contributed by atoms with Gasteiger partial charge in [0, 0.05) is 11.1 Å². The minimum absolute atomic E-state index is 0.353. The maximum absolute atomic E-state index is 12.3. The molecule has 0 unspecified atom stereocenters. The number of rotatable bonds is 5. The zero-order valence-electron chi connectivity index (χ0n) is 10.2. The van der Waals surface area contributed by atoms with Crippen LogP contribution in [-0.4, -0.2) is 21.4 Å². The van der Waals surface area contributed by atoms with E-state index in [0.717, 1.165) is 11.1 Å². The Balaban J connectivity index is 2.37. The molecule has 0 heterocycles. The lowest BCUT2D eigenvalue weighted by Gasteiger charge is -2.21. The Morgan fingerprint density at radius 3 is 1.79 bits per heavy atom. The van der Waals surface area contributed by atoms with Gasteiger partial charge in [0.2, 0.25) is 5.75 Å². The van der Waals surface area contributed by atoms with Crippen molar-refractivity contribution >= 4 is 17.1 Å². The average Bonchev–Trinajstić information content (AvgIpc) is 2.40. The minimum atomic E-state index is -1.49. The van der Waals surface area contributed by atoms with Gasteiger partial charge in [0.05, 0.1) is 0 Å². The van der Waals surface area contributed by atoms with Gasteiger partial charge in [-0.3, -0.25) is 0 Å². The van der Waals surface area contributed by atoms with Crippen LogP contribution in [0.25, 0.3) is 0 Å². The van der Waals surface area contributed by atoms with E-state index in [9.17, 15) is 9.35 Å². The number of aliphatic carboxylic acids is 1. The van der Waals surface area contributed by atoms with Gasteiger partial charge in [0.25, 0.3) is 0 Å². The van der Waals surface area contributed by atoms with Crippen molar-refractivity contribution in [3.8, 4) is 0 Å². The van der Waals surface area contributed by atoms with E-state index in [-0.39, 0.29) is 5.75 Å². The summed E-state index contributed by atoms with van der Waals surface area (Å²) >= 11 is -1.49. The van der Waals surface area contributed by atoms with Gasteiger partial charge in [-0.05, 0) is 11.2 Å². The van der Waals surface area contributed by atoms with Crippen LogP contribution in [-0.2, 0) is 16.0 Å². The first kappa shape index (κ1) is 13.6. The van der Waals surface area contributed by atoms with Crippen LogP contribution in [0, 0.1) is 0 Å². The molecule has 0 radical (unpaired) electrons. The van der Waals surface area contributed by atoms with Gasteiger partial charge in [-0.25, -0.2) is 4.79 Å². The largest absolute Gasteiger partial charge is 0.615 e. The lowest BCUT2D eigenvalue weighted by molar-refractivity contribution is -0.134. The van der Waals surface area contributed by atoms with Gasteiger partial charge < -0.3 is 9.66 Å². The molecule has 0 aliphatic carbocycles. The third-order valence-electron chi connectivity index (χ3n) is 2.73. The topological polar surface area (TPSA) is 60.4 Å². The summed E-state index contributed by atoms with van der Waals surface area (Å²) in [4.78, 5) is 10.8. The summed E-state index contributed by atoms with van der Waals surface area (Å²) in [5.74, 6) is -1.40. The molecule has 0 spiro atoms. The second kappa shape index (κ2) is 6.41. The summed E-state index contributed by atoms with van der Waals surface area (Å²) in [6.07, 6.45) is 0. The SMILES string of the molecule is O=C(O)C[S@+]([O-])C(c1ccccc1)c1ccccc1. The Kier molecular flexibility index (Phi) is 4.60. The third-order valence-corrected chi connectivity index (χ3v) is 4.33. The van der Waals surface area contributed by atoms with Crippen molar-refractivity contribution in [2.24, 2.45) is 0 Å². The first-order valence-corrected chi connectivity index (χ1v) is 7.25. The second-order valence-corrected chi connectivity index (χ2v) is 5.64. The highest BCUT2D eigenvalue weighted by atomic mass is 32.2. The van der Waals surface area contributed by atoms with Crippen molar-refractivity contribution in [1.82, 2.24) is 0 Å². The summed E-state index contributed by atoms with van der Waals surface area (Å²) < 4.78 is 12.3. The highest BCUT2D eigenvalue weighted by Gasteiger charge is 2.28. The standard InChI is InChI=1S/C15H14O3S/c16-14(17)11-19(18)15(12-7-3-1-4-8-12)13-9-5-2-6-10-13/h1-10,15H,11H2,(H,16,17)/t19-/m0/s1. The predicted octanol–water partition coefficient (Wildman–Crippen LogP) is 2.61. The molecule has 0 amide bonds. The second-order valence-electron chi connectivity index (χ2n) is 4.12. The third kappa shape index (κ3) is 3.59. The van der Waals surface area contributed by atoms with E-state index in [4.69, 9.17) is 5.11 Å². The minimum Gasteiger partial charge on any atom is -0.615 e. The van der Waals surface area contributed by atoms with E-state index in [1.165, 1.54) is 0 Å². The molecule has 0 aromatic heterocycles. The van der Waals surface area contributed by atoms with Crippen molar-refractivity contribution in [2.45, 2.75) is 5.25 Å². The van der Waals surface area contributed by atoms with Crippen LogP contribution in [0.15, 0.2) is 60.7 Å². The molecule has 2 aromatic carbocycles. The lowest BCUT2D eigenvalue weighted by atomic mass is 10.0. The smallest absolute Gasteiger partial charge is 0.353 e. The van der Waals surface area contributed by atoms with Crippen LogP contribution < -0.4 is 0 Å². The van der Waals surface area contributed by atoms with Gasteiger partial charge in [0.15, 0.2) is 5.25 Å². The van der Waals surface area contributed by atoms with E-state index in [1.807, 2.05) is 60.7 Å². The van der Waals surface area contributed by atoms with Crippen LogP contribution in [0.2, 0.25) is 0 Å². The fraction of sp³-hybridized carbons (Fsp3) is 0.133. The molecule has 2 aromatic rings. The molecule has 0 aliphatic heterocycles. The van der Waals surface area contributed by atoms with Gasteiger partial charge in [-0.1, -0.05) is 60.7 Å². The molecule has 3 nitrogen and oxygen atoms in total. The molecule has 0 fully saturated rings. The Morgan fingerprint density at radius 1 is 1.00 bits per heavy atom. The molecule has 0 saturated carbocycles. The molecule has 19 heavy (non-hydrogen) atoms. The number of carboxylic acids is 1. The van der Waals surface area contributed by atoms with Gasteiger partial charge in [-0.15, -0.1) is 0 Å². The number of carboxylic acid groups (broad SMARTS) is 1. The Bertz CT molecular complexity index is 488. The fourth-order valence-electron chi connectivity index (χ4n) is 1.96. The monoisotopic (exact) mass is 274 g/mol. The molecule has 1 atom stereocenters. The van der Waals surface area contributed by atoms with Crippen LogP contribution >= 0.6 is 0 Å². The van der Waals surface area contributed by atoms with Crippen molar-refractivity contribution < 1.29 is 14.5 Å². The van der Waals surface area contributed by atoms with E-state index in [1.54, 1.807) is 0 Å². The highest BCUT2D eigenvalue weighted by molar-refractivity contribution is 7.92. The number of hydrogen-bond acceptors (Lipinski definition) is 2. The molecule has 0 aliphatic rings. The van der Waals surface area contributed by atoms with Crippen LogP contribution in [0.1, 0.15) is 16.4 Å². The summed E-state index contributed by atoms with van der Waals surface area (Å²) in [6, 6.07) is 18.7. The zero-order chi connectivity index (χ0) is 13.7. The quantitative estimate of drug-likeness (QED) is 0.853. The molecule has 0 saturated heterocycles. The first-order chi connectivity index (χ1) is 9.18. The van der Waals surface area contributed by atoms with Gasteiger partial charge in [0.1, 0.15) is 0 Å². The van der Waals surface area contributed by atoms with Crippen molar-refractivity contribution in [2.75, 3.05) is 5.75 Å². The maximum Gasteiger partial charge on any atom is 0.353 e. The van der Waals surface area contributed by atoms with Gasteiger partial charge in [-0.2, -0.15) is 0 Å². The molecule has 2 rings (SSSR count).